The summed E-state index contributed by atoms with van der Waals surface area (Å²) in [6, 6.07) is 15.0. The van der Waals surface area contributed by atoms with E-state index in [1.165, 1.54) is 0 Å². The molecule has 2 fully saturated rings. The Hall–Kier alpha value is -3.02. The lowest BCUT2D eigenvalue weighted by Crippen LogP contribution is -2.49. The molecule has 0 aromatic heterocycles. The molecule has 1 saturated heterocycles. The van der Waals surface area contributed by atoms with Gasteiger partial charge in [0.2, 0.25) is 5.91 Å². The van der Waals surface area contributed by atoms with E-state index in [0.717, 1.165) is 56.1 Å². The van der Waals surface area contributed by atoms with Crippen molar-refractivity contribution in [3.8, 4) is 5.75 Å². The third-order valence-electron chi connectivity index (χ3n) is 5.44. The van der Waals surface area contributed by atoms with E-state index in [4.69, 9.17) is 4.74 Å². The van der Waals surface area contributed by atoms with Crippen LogP contribution in [0.2, 0.25) is 0 Å². The van der Waals surface area contributed by atoms with Crippen molar-refractivity contribution >= 4 is 23.2 Å². The zero-order valence-corrected chi connectivity index (χ0v) is 16.8. The molecule has 2 aromatic rings. The number of anilines is 2. The highest BCUT2D eigenvalue weighted by Gasteiger charge is 2.34. The molecule has 0 unspecified atom stereocenters. The van der Waals surface area contributed by atoms with E-state index in [1.807, 2.05) is 60.4 Å². The minimum atomic E-state index is -0.138. The maximum atomic E-state index is 12.5. The Morgan fingerprint density at radius 1 is 0.966 bits per heavy atom. The Labute approximate surface area is 171 Å². The molecular weight excluding hydrogens is 366 g/mol. The van der Waals surface area contributed by atoms with Gasteiger partial charge in [-0.05, 0) is 68.3 Å². The van der Waals surface area contributed by atoms with Crippen molar-refractivity contribution in [3.05, 3.63) is 54.1 Å². The Morgan fingerprint density at radius 3 is 2.21 bits per heavy atom. The molecule has 1 N–H and O–H groups in total. The van der Waals surface area contributed by atoms with Crippen LogP contribution in [0.5, 0.6) is 5.75 Å². The molecule has 2 aromatic carbocycles. The predicted molar refractivity (Wildman–Crippen MR) is 114 cm³/mol. The van der Waals surface area contributed by atoms with Crippen LogP contribution in [0.1, 0.15) is 30.1 Å². The molecule has 1 saturated carbocycles. The molecule has 0 spiro atoms. The molecule has 2 aliphatic rings. The van der Waals surface area contributed by atoms with Gasteiger partial charge in [0.15, 0.2) is 0 Å². The van der Waals surface area contributed by atoms with E-state index in [9.17, 15) is 9.59 Å². The van der Waals surface area contributed by atoms with Crippen LogP contribution < -0.4 is 15.0 Å². The largest absolute Gasteiger partial charge is 0.494 e. The topological polar surface area (TPSA) is 61.9 Å². The highest BCUT2D eigenvalue weighted by atomic mass is 16.5. The average molecular weight is 393 g/mol. The van der Waals surface area contributed by atoms with Gasteiger partial charge in [0, 0.05) is 49.0 Å². The van der Waals surface area contributed by atoms with Crippen LogP contribution in [0.15, 0.2) is 48.5 Å². The number of nitrogens with one attached hydrogen (secondary N) is 1. The lowest BCUT2D eigenvalue weighted by Gasteiger charge is -2.36. The smallest absolute Gasteiger partial charge is 0.255 e. The first-order valence-corrected chi connectivity index (χ1v) is 10.3. The fourth-order valence-corrected chi connectivity index (χ4v) is 3.60. The summed E-state index contributed by atoms with van der Waals surface area (Å²) < 4.78 is 5.42. The van der Waals surface area contributed by atoms with Gasteiger partial charge in [-0.15, -0.1) is 0 Å². The van der Waals surface area contributed by atoms with Gasteiger partial charge in [0.1, 0.15) is 5.75 Å². The van der Waals surface area contributed by atoms with E-state index in [1.54, 1.807) is 0 Å². The highest BCUT2D eigenvalue weighted by molar-refractivity contribution is 6.04. The second kappa shape index (κ2) is 8.55. The monoisotopic (exact) mass is 393 g/mol. The van der Waals surface area contributed by atoms with Crippen LogP contribution in [-0.4, -0.2) is 49.5 Å². The quantitative estimate of drug-likeness (QED) is 0.817. The Balaban J connectivity index is 1.31. The lowest BCUT2D eigenvalue weighted by molar-refractivity contribution is -0.132. The van der Waals surface area contributed by atoms with Crippen molar-refractivity contribution in [3.63, 3.8) is 0 Å². The lowest BCUT2D eigenvalue weighted by atomic mass is 10.1. The van der Waals surface area contributed by atoms with Crippen molar-refractivity contribution < 1.29 is 14.3 Å². The number of piperazine rings is 1. The summed E-state index contributed by atoms with van der Waals surface area (Å²) in [7, 11) is 0. The normalized spacial score (nSPS) is 16.4. The van der Waals surface area contributed by atoms with Crippen LogP contribution >= 0.6 is 0 Å². The zero-order valence-electron chi connectivity index (χ0n) is 16.8. The molecule has 6 nitrogen and oxygen atoms in total. The van der Waals surface area contributed by atoms with Crippen molar-refractivity contribution in [2.75, 3.05) is 43.0 Å². The first-order valence-electron chi connectivity index (χ1n) is 10.3. The summed E-state index contributed by atoms with van der Waals surface area (Å²) >= 11 is 0. The first kappa shape index (κ1) is 19.3. The molecule has 1 aliphatic carbocycles. The van der Waals surface area contributed by atoms with Gasteiger partial charge in [-0.25, -0.2) is 0 Å². The minimum absolute atomic E-state index is 0.138. The van der Waals surface area contributed by atoms with Crippen molar-refractivity contribution in [1.82, 2.24) is 4.90 Å². The van der Waals surface area contributed by atoms with Crippen molar-refractivity contribution in [2.45, 2.75) is 19.8 Å². The number of carbonyl (C=O) groups excluding carboxylic acids is 2. The molecule has 1 aliphatic heterocycles. The second-order valence-corrected chi connectivity index (χ2v) is 7.54. The maximum Gasteiger partial charge on any atom is 0.255 e. The molecule has 4 rings (SSSR count). The minimum Gasteiger partial charge on any atom is -0.494 e. The molecule has 2 amide bonds. The van der Waals surface area contributed by atoms with Gasteiger partial charge < -0.3 is 19.9 Å². The van der Waals surface area contributed by atoms with E-state index in [2.05, 4.69) is 10.2 Å². The van der Waals surface area contributed by atoms with Crippen molar-refractivity contribution in [1.29, 1.82) is 0 Å². The number of benzene rings is 2. The third-order valence-corrected chi connectivity index (χ3v) is 5.44. The molecule has 6 heteroatoms. The number of rotatable bonds is 6. The number of hydrogen-bond donors (Lipinski definition) is 1. The van der Waals surface area contributed by atoms with E-state index in [0.29, 0.717) is 18.1 Å². The van der Waals surface area contributed by atoms with Crippen LogP contribution in [-0.2, 0) is 4.79 Å². The van der Waals surface area contributed by atoms with E-state index >= 15 is 0 Å². The number of ether oxygens (including phenoxy) is 1. The SMILES string of the molecule is CCOc1ccc(NC(=O)c2ccc(N3CCN(C(=O)C4CC4)CC3)cc2)cc1. The van der Waals surface area contributed by atoms with E-state index in [-0.39, 0.29) is 11.8 Å². The molecule has 29 heavy (non-hydrogen) atoms. The molecule has 1 heterocycles. The molecule has 0 bridgehead atoms. The fraction of sp³-hybridized carbons (Fsp3) is 0.391. The van der Waals surface area contributed by atoms with Gasteiger partial charge in [-0.2, -0.15) is 0 Å². The van der Waals surface area contributed by atoms with Gasteiger partial charge >= 0.3 is 0 Å². The summed E-state index contributed by atoms with van der Waals surface area (Å²) in [4.78, 5) is 28.9. The van der Waals surface area contributed by atoms with Gasteiger partial charge in [0.05, 0.1) is 6.61 Å². The van der Waals surface area contributed by atoms with Crippen LogP contribution in [0.4, 0.5) is 11.4 Å². The first-order chi connectivity index (χ1) is 14.1. The number of hydrogen-bond acceptors (Lipinski definition) is 4. The Bertz CT molecular complexity index is 852. The summed E-state index contributed by atoms with van der Waals surface area (Å²) in [6.45, 7) is 5.76. The van der Waals surface area contributed by atoms with Crippen LogP contribution in [0.3, 0.4) is 0 Å². The molecule has 0 atom stereocenters. The molecular formula is C23H27N3O3. The number of carbonyl (C=O) groups is 2. The third kappa shape index (κ3) is 4.70. The fourth-order valence-electron chi connectivity index (χ4n) is 3.60. The van der Waals surface area contributed by atoms with Gasteiger partial charge in [0.25, 0.3) is 5.91 Å². The Kier molecular flexibility index (Phi) is 5.69. The number of nitrogens with zero attached hydrogens (tertiary/aromatic N) is 2. The van der Waals surface area contributed by atoms with Crippen molar-refractivity contribution in [2.24, 2.45) is 5.92 Å². The molecule has 152 valence electrons. The second-order valence-electron chi connectivity index (χ2n) is 7.54. The maximum absolute atomic E-state index is 12.5. The summed E-state index contributed by atoms with van der Waals surface area (Å²) in [5.41, 5.74) is 2.44. The number of amides is 2. The summed E-state index contributed by atoms with van der Waals surface area (Å²) in [5.74, 6) is 1.26. The predicted octanol–water partition coefficient (Wildman–Crippen LogP) is 3.40. The average Bonchev–Trinajstić information content (AvgIpc) is 3.60. The Morgan fingerprint density at radius 2 is 1.62 bits per heavy atom. The molecule has 0 radical (unpaired) electrons. The van der Waals surface area contributed by atoms with E-state index < -0.39 is 0 Å². The van der Waals surface area contributed by atoms with Gasteiger partial charge in [-0.3, -0.25) is 9.59 Å². The van der Waals surface area contributed by atoms with Crippen LogP contribution in [0, 0.1) is 5.92 Å². The summed E-state index contributed by atoms with van der Waals surface area (Å²) in [5, 5.41) is 2.91. The van der Waals surface area contributed by atoms with Gasteiger partial charge in [-0.1, -0.05) is 0 Å². The highest BCUT2D eigenvalue weighted by Crippen LogP contribution is 2.31. The zero-order chi connectivity index (χ0) is 20.2. The summed E-state index contributed by atoms with van der Waals surface area (Å²) in [6.07, 6.45) is 2.11. The standard InChI is InChI=1S/C23H27N3O3/c1-2-29-21-11-7-19(8-12-21)24-22(27)17-5-9-20(10-6-17)25-13-15-26(16-14-25)23(28)18-3-4-18/h5-12,18H,2-4,13-16H2,1H3,(H,24,27). The van der Waals surface area contributed by atoms with Crippen LogP contribution in [0.25, 0.3) is 0 Å².